The highest BCUT2D eigenvalue weighted by atomic mass is 19.4. The molecular formula is C8H5F3N4. The van der Waals surface area contributed by atoms with Crippen LogP contribution in [0.2, 0.25) is 0 Å². The maximum absolute atomic E-state index is 12.6. The Morgan fingerprint density at radius 2 is 1.87 bits per heavy atom. The Balaban J connectivity index is 2.58. The van der Waals surface area contributed by atoms with Gasteiger partial charge in [0.25, 0.3) is 0 Å². The molecule has 1 N–H and O–H groups in total. The number of alkyl halides is 3. The number of tetrazole rings is 1. The summed E-state index contributed by atoms with van der Waals surface area (Å²) in [4.78, 5) is 0. The Hall–Kier alpha value is -1.92. The van der Waals surface area contributed by atoms with E-state index >= 15 is 0 Å². The standard InChI is InChI=1S/C8H5F3N4/c9-8(10,11)6-4-2-1-3-5(6)7-12-14-15-13-7/h1-4H,(H,12,13,14,15). The van der Waals surface area contributed by atoms with Crippen LogP contribution in [0.3, 0.4) is 0 Å². The first-order valence-corrected chi connectivity index (χ1v) is 3.99. The summed E-state index contributed by atoms with van der Waals surface area (Å²) < 4.78 is 37.7. The Bertz CT molecular complexity index is 449. The average molecular weight is 214 g/mol. The number of benzene rings is 1. The van der Waals surface area contributed by atoms with E-state index in [0.717, 1.165) is 6.07 Å². The van der Waals surface area contributed by atoms with E-state index in [1.807, 2.05) is 0 Å². The molecule has 2 rings (SSSR count). The molecule has 1 aromatic heterocycles. The van der Waals surface area contributed by atoms with Gasteiger partial charge in [-0.05, 0) is 16.5 Å². The molecule has 0 aliphatic rings. The molecule has 0 atom stereocenters. The van der Waals surface area contributed by atoms with Crippen LogP contribution in [0.1, 0.15) is 5.56 Å². The van der Waals surface area contributed by atoms with E-state index in [-0.39, 0.29) is 11.4 Å². The zero-order valence-corrected chi connectivity index (χ0v) is 7.28. The first kappa shape index (κ1) is 9.63. The molecule has 1 aromatic carbocycles. The molecule has 0 spiro atoms. The lowest BCUT2D eigenvalue weighted by atomic mass is 10.1. The van der Waals surface area contributed by atoms with Crippen molar-refractivity contribution >= 4 is 0 Å². The molecule has 4 nitrogen and oxygen atoms in total. The molecule has 2 aromatic rings. The number of aromatic nitrogens is 4. The summed E-state index contributed by atoms with van der Waals surface area (Å²) >= 11 is 0. The Morgan fingerprint density at radius 1 is 1.13 bits per heavy atom. The van der Waals surface area contributed by atoms with E-state index in [2.05, 4.69) is 20.6 Å². The van der Waals surface area contributed by atoms with E-state index < -0.39 is 11.7 Å². The van der Waals surface area contributed by atoms with Gasteiger partial charge in [0.15, 0.2) is 5.82 Å². The lowest BCUT2D eigenvalue weighted by molar-refractivity contribution is -0.137. The van der Waals surface area contributed by atoms with Gasteiger partial charge in [-0.1, -0.05) is 18.2 Å². The lowest BCUT2D eigenvalue weighted by Crippen LogP contribution is -2.07. The van der Waals surface area contributed by atoms with Gasteiger partial charge >= 0.3 is 6.18 Å². The SMILES string of the molecule is FC(F)(F)c1ccccc1-c1nnn[nH]1. The van der Waals surface area contributed by atoms with Crippen molar-refractivity contribution in [2.45, 2.75) is 6.18 Å². The molecule has 0 aliphatic carbocycles. The number of halogens is 3. The smallest absolute Gasteiger partial charge is 0.239 e. The van der Waals surface area contributed by atoms with Crippen LogP contribution >= 0.6 is 0 Å². The van der Waals surface area contributed by atoms with Gasteiger partial charge in [0.05, 0.1) is 5.56 Å². The van der Waals surface area contributed by atoms with Crippen LogP contribution < -0.4 is 0 Å². The molecule has 15 heavy (non-hydrogen) atoms. The molecule has 0 unspecified atom stereocenters. The van der Waals surface area contributed by atoms with E-state index in [4.69, 9.17) is 0 Å². The first-order chi connectivity index (χ1) is 7.09. The molecule has 0 fully saturated rings. The van der Waals surface area contributed by atoms with Crippen molar-refractivity contribution in [2.75, 3.05) is 0 Å². The van der Waals surface area contributed by atoms with Crippen molar-refractivity contribution in [3.8, 4) is 11.4 Å². The van der Waals surface area contributed by atoms with Crippen LogP contribution in [0, 0.1) is 0 Å². The Kier molecular flexibility index (Phi) is 2.14. The zero-order chi connectivity index (χ0) is 10.9. The summed E-state index contributed by atoms with van der Waals surface area (Å²) in [5.41, 5.74) is -0.821. The minimum Gasteiger partial charge on any atom is -0.239 e. The largest absolute Gasteiger partial charge is 0.417 e. The monoisotopic (exact) mass is 214 g/mol. The van der Waals surface area contributed by atoms with Crippen LogP contribution in [0.4, 0.5) is 13.2 Å². The molecule has 0 saturated heterocycles. The summed E-state index contributed by atoms with van der Waals surface area (Å²) in [6.45, 7) is 0. The van der Waals surface area contributed by atoms with Gasteiger partial charge < -0.3 is 0 Å². The molecule has 0 bridgehead atoms. The predicted octanol–water partition coefficient (Wildman–Crippen LogP) is 1.89. The minimum absolute atomic E-state index is 0.00271. The Labute approximate surface area is 82.1 Å². The molecule has 1 heterocycles. The van der Waals surface area contributed by atoms with Crippen molar-refractivity contribution in [2.24, 2.45) is 0 Å². The number of hydrogen-bond donors (Lipinski definition) is 1. The summed E-state index contributed by atoms with van der Waals surface area (Å²) in [6.07, 6.45) is -4.41. The lowest BCUT2D eigenvalue weighted by Gasteiger charge is -2.09. The molecule has 7 heteroatoms. The van der Waals surface area contributed by atoms with E-state index in [1.54, 1.807) is 0 Å². The average Bonchev–Trinajstić information content (AvgIpc) is 2.69. The van der Waals surface area contributed by atoms with Crippen molar-refractivity contribution in [1.29, 1.82) is 0 Å². The fraction of sp³-hybridized carbons (Fsp3) is 0.125. The van der Waals surface area contributed by atoms with Gasteiger partial charge in [-0.3, -0.25) is 0 Å². The highest BCUT2D eigenvalue weighted by Gasteiger charge is 2.34. The molecular weight excluding hydrogens is 209 g/mol. The Morgan fingerprint density at radius 3 is 2.47 bits per heavy atom. The number of H-pyrrole nitrogens is 1. The molecule has 78 valence electrons. The molecule has 0 aliphatic heterocycles. The van der Waals surface area contributed by atoms with Gasteiger partial charge in [-0.2, -0.15) is 13.2 Å². The van der Waals surface area contributed by atoms with Crippen LogP contribution in [0.15, 0.2) is 24.3 Å². The second-order valence-electron chi connectivity index (χ2n) is 2.79. The number of hydrogen-bond acceptors (Lipinski definition) is 3. The van der Waals surface area contributed by atoms with Crippen LogP contribution in [0.25, 0.3) is 11.4 Å². The highest BCUT2D eigenvalue weighted by molar-refractivity contribution is 5.60. The van der Waals surface area contributed by atoms with E-state index in [9.17, 15) is 13.2 Å². The molecule has 0 saturated carbocycles. The van der Waals surface area contributed by atoms with Crippen molar-refractivity contribution < 1.29 is 13.2 Å². The summed E-state index contributed by atoms with van der Waals surface area (Å²) in [7, 11) is 0. The van der Waals surface area contributed by atoms with Crippen molar-refractivity contribution in [3.63, 3.8) is 0 Å². The molecule has 0 amide bonds. The first-order valence-electron chi connectivity index (χ1n) is 3.99. The van der Waals surface area contributed by atoms with Gasteiger partial charge in [-0.25, -0.2) is 5.10 Å². The third kappa shape index (κ3) is 1.80. The number of nitrogens with zero attached hydrogens (tertiary/aromatic N) is 3. The second-order valence-corrected chi connectivity index (χ2v) is 2.79. The zero-order valence-electron chi connectivity index (χ0n) is 7.28. The quantitative estimate of drug-likeness (QED) is 0.788. The van der Waals surface area contributed by atoms with Crippen LogP contribution in [0.5, 0.6) is 0 Å². The number of rotatable bonds is 1. The maximum atomic E-state index is 12.6. The van der Waals surface area contributed by atoms with Crippen molar-refractivity contribution in [3.05, 3.63) is 29.8 Å². The summed E-state index contributed by atoms with van der Waals surface area (Å²) in [6, 6.07) is 5.10. The van der Waals surface area contributed by atoms with Gasteiger partial charge in [-0.15, -0.1) is 5.10 Å². The number of nitrogens with one attached hydrogen (secondary N) is 1. The van der Waals surface area contributed by atoms with E-state index in [1.165, 1.54) is 18.2 Å². The topological polar surface area (TPSA) is 54.5 Å². The fourth-order valence-electron chi connectivity index (χ4n) is 1.21. The highest BCUT2D eigenvalue weighted by Crippen LogP contribution is 2.35. The summed E-state index contributed by atoms with van der Waals surface area (Å²) in [5, 5.41) is 12.2. The van der Waals surface area contributed by atoms with Gasteiger partial charge in [0.2, 0.25) is 0 Å². The maximum Gasteiger partial charge on any atom is 0.417 e. The third-order valence-corrected chi connectivity index (χ3v) is 1.83. The van der Waals surface area contributed by atoms with E-state index in [0.29, 0.717) is 0 Å². The minimum atomic E-state index is -4.41. The third-order valence-electron chi connectivity index (χ3n) is 1.83. The normalized spacial score (nSPS) is 11.7. The van der Waals surface area contributed by atoms with Crippen LogP contribution in [-0.4, -0.2) is 20.6 Å². The van der Waals surface area contributed by atoms with Gasteiger partial charge in [0.1, 0.15) is 0 Å². The number of aromatic amines is 1. The van der Waals surface area contributed by atoms with Gasteiger partial charge in [0, 0.05) is 5.56 Å². The second kappa shape index (κ2) is 3.34. The summed E-state index contributed by atoms with van der Waals surface area (Å²) in [5.74, 6) is 0.00271. The van der Waals surface area contributed by atoms with Crippen molar-refractivity contribution in [1.82, 2.24) is 20.6 Å². The predicted molar refractivity (Wildman–Crippen MR) is 44.6 cm³/mol. The van der Waals surface area contributed by atoms with Crippen LogP contribution in [-0.2, 0) is 6.18 Å². The molecule has 0 radical (unpaired) electrons. The fourth-order valence-corrected chi connectivity index (χ4v) is 1.21.